The van der Waals surface area contributed by atoms with Gasteiger partial charge in [0, 0.05) is 31.2 Å². The lowest BCUT2D eigenvalue weighted by molar-refractivity contribution is -0.142. The van der Waals surface area contributed by atoms with E-state index in [0.29, 0.717) is 31.6 Å². The fourth-order valence-electron chi connectivity index (χ4n) is 3.98. The first-order valence-electron chi connectivity index (χ1n) is 9.38. The van der Waals surface area contributed by atoms with Gasteiger partial charge in [0.15, 0.2) is 0 Å². The van der Waals surface area contributed by atoms with E-state index < -0.39 is 28.0 Å². The van der Waals surface area contributed by atoms with Gasteiger partial charge in [-0.2, -0.15) is 4.31 Å². The molecule has 2 heterocycles. The Balaban J connectivity index is 1.89. The van der Waals surface area contributed by atoms with Crippen LogP contribution in [-0.2, 0) is 14.8 Å². The number of aryl methyl sites for hydroxylation is 1. The zero-order valence-electron chi connectivity index (χ0n) is 15.7. The molecule has 2 unspecified atom stereocenters. The van der Waals surface area contributed by atoms with Crippen molar-refractivity contribution in [1.82, 2.24) is 9.21 Å². The highest BCUT2D eigenvalue weighted by Gasteiger charge is 2.38. The van der Waals surface area contributed by atoms with Crippen LogP contribution < -0.4 is 0 Å². The number of hydrogen-bond acceptors (Lipinski definition) is 4. The van der Waals surface area contributed by atoms with Gasteiger partial charge in [-0.15, -0.1) is 0 Å². The van der Waals surface area contributed by atoms with Crippen molar-refractivity contribution in [2.75, 3.05) is 19.6 Å². The largest absolute Gasteiger partial charge is 0.481 e. The molecule has 2 fully saturated rings. The molecule has 148 valence electrons. The third kappa shape index (κ3) is 3.73. The molecule has 1 amide bonds. The van der Waals surface area contributed by atoms with Crippen molar-refractivity contribution in [1.29, 1.82) is 0 Å². The van der Waals surface area contributed by atoms with Crippen LogP contribution in [0.4, 0.5) is 0 Å². The fourth-order valence-corrected chi connectivity index (χ4v) is 5.75. The summed E-state index contributed by atoms with van der Waals surface area (Å²) in [6.45, 7) is 4.82. The van der Waals surface area contributed by atoms with Gasteiger partial charge in [-0.1, -0.05) is 12.5 Å². The van der Waals surface area contributed by atoms with Crippen LogP contribution >= 0.6 is 0 Å². The normalized spacial score (nSPS) is 24.1. The maximum Gasteiger partial charge on any atom is 0.308 e. The van der Waals surface area contributed by atoms with Gasteiger partial charge in [0.2, 0.25) is 10.0 Å². The van der Waals surface area contributed by atoms with E-state index in [9.17, 15) is 23.1 Å². The lowest BCUT2D eigenvalue weighted by atomic mass is 10.0. The maximum atomic E-state index is 13.0. The van der Waals surface area contributed by atoms with Crippen LogP contribution in [0, 0.1) is 12.8 Å². The van der Waals surface area contributed by atoms with Crippen LogP contribution in [0.2, 0.25) is 0 Å². The lowest BCUT2D eigenvalue weighted by Gasteiger charge is -2.27. The van der Waals surface area contributed by atoms with E-state index in [4.69, 9.17) is 0 Å². The first-order valence-corrected chi connectivity index (χ1v) is 10.8. The number of benzene rings is 1. The first-order chi connectivity index (χ1) is 12.7. The van der Waals surface area contributed by atoms with Crippen LogP contribution in [0.15, 0.2) is 23.1 Å². The highest BCUT2D eigenvalue weighted by Crippen LogP contribution is 2.28. The second-order valence-corrected chi connectivity index (χ2v) is 9.32. The Labute approximate surface area is 160 Å². The van der Waals surface area contributed by atoms with Gasteiger partial charge in [0.05, 0.1) is 10.8 Å². The summed E-state index contributed by atoms with van der Waals surface area (Å²) < 4.78 is 27.6. The third-order valence-electron chi connectivity index (χ3n) is 5.70. The fraction of sp³-hybridized carbons (Fsp3) is 0.579. The second kappa shape index (κ2) is 7.59. The Hall–Kier alpha value is -1.93. The molecule has 2 saturated heterocycles. The van der Waals surface area contributed by atoms with Crippen LogP contribution in [0.5, 0.6) is 0 Å². The minimum Gasteiger partial charge on any atom is -0.481 e. The molecule has 7 nitrogen and oxygen atoms in total. The molecule has 8 heteroatoms. The van der Waals surface area contributed by atoms with Gasteiger partial charge in [0.25, 0.3) is 5.91 Å². The van der Waals surface area contributed by atoms with Gasteiger partial charge in [-0.3, -0.25) is 9.59 Å². The van der Waals surface area contributed by atoms with Crippen molar-refractivity contribution in [3.8, 4) is 0 Å². The first kappa shape index (κ1) is 19.8. The minimum absolute atomic E-state index is 0.164. The molecular weight excluding hydrogens is 368 g/mol. The summed E-state index contributed by atoms with van der Waals surface area (Å²) in [4.78, 5) is 25.9. The molecule has 0 radical (unpaired) electrons. The number of carboxylic acid groups (broad SMARTS) is 1. The highest BCUT2D eigenvalue weighted by atomic mass is 32.2. The predicted octanol–water partition coefficient (Wildman–Crippen LogP) is 2.10. The van der Waals surface area contributed by atoms with E-state index in [1.165, 1.54) is 15.3 Å². The van der Waals surface area contributed by atoms with Crippen molar-refractivity contribution in [2.45, 2.75) is 50.5 Å². The number of carboxylic acids is 1. The molecule has 1 aromatic carbocycles. The van der Waals surface area contributed by atoms with Crippen LogP contribution in [0.25, 0.3) is 0 Å². The summed E-state index contributed by atoms with van der Waals surface area (Å²) in [6.07, 6.45) is 3.13. The van der Waals surface area contributed by atoms with E-state index in [1.807, 2.05) is 0 Å². The monoisotopic (exact) mass is 394 g/mol. The molecule has 0 saturated carbocycles. The van der Waals surface area contributed by atoms with Gasteiger partial charge in [0.1, 0.15) is 0 Å². The predicted molar refractivity (Wildman–Crippen MR) is 100 cm³/mol. The molecule has 27 heavy (non-hydrogen) atoms. The minimum atomic E-state index is -3.64. The molecule has 0 spiro atoms. The van der Waals surface area contributed by atoms with E-state index in [0.717, 1.165) is 19.3 Å². The summed E-state index contributed by atoms with van der Waals surface area (Å²) >= 11 is 0. The van der Waals surface area contributed by atoms with Gasteiger partial charge >= 0.3 is 5.97 Å². The molecule has 2 aliphatic heterocycles. The number of piperidine rings is 1. The Kier molecular flexibility index (Phi) is 5.58. The number of nitrogens with zero attached hydrogens (tertiary/aromatic N) is 2. The van der Waals surface area contributed by atoms with Gasteiger partial charge in [-0.25, -0.2) is 8.42 Å². The topological polar surface area (TPSA) is 95.0 Å². The van der Waals surface area contributed by atoms with Crippen molar-refractivity contribution in [3.63, 3.8) is 0 Å². The summed E-state index contributed by atoms with van der Waals surface area (Å²) in [5, 5.41) is 9.26. The number of carbonyl (C=O) groups is 2. The molecular formula is C19H26N2O5S. The van der Waals surface area contributed by atoms with Gasteiger partial charge in [-0.05, 0) is 50.8 Å². The van der Waals surface area contributed by atoms with Crippen LogP contribution in [0.1, 0.15) is 48.5 Å². The summed E-state index contributed by atoms with van der Waals surface area (Å²) in [7, 11) is -3.64. The highest BCUT2D eigenvalue weighted by molar-refractivity contribution is 7.89. The average molecular weight is 394 g/mol. The molecule has 1 aromatic rings. The molecule has 3 rings (SSSR count). The number of likely N-dealkylation sites (tertiary alicyclic amines) is 1. The summed E-state index contributed by atoms with van der Waals surface area (Å²) in [5.74, 6) is -1.81. The molecule has 2 aliphatic rings. The van der Waals surface area contributed by atoms with E-state index >= 15 is 0 Å². The zero-order valence-corrected chi connectivity index (χ0v) is 16.5. The van der Waals surface area contributed by atoms with E-state index in [1.54, 1.807) is 26.0 Å². The maximum absolute atomic E-state index is 13.0. The number of amides is 1. The second-order valence-electron chi connectivity index (χ2n) is 7.42. The average Bonchev–Trinajstić information content (AvgIpc) is 3.03. The number of carbonyl (C=O) groups excluding carboxylic acids is 1. The molecule has 0 aromatic heterocycles. The zero-order chi connectivity index (χ0) is 19.8. The Morgan fingerprint density at radius 2 is 1.78 bits per heavy atom. The number of aliphatic carboxylic acids is 1. The Morgan fingerprint density at radius 3 is 2.37 bits per heavy atom. The van der Waals surface area contributed by atoms with Crippen LogP contribution in [0.3, 0.4) is 0 Å². The summed E-state index contributed by atoms with van der Waals surface area (Å²) in [5.41, 5.74) is 0.893. The van der Waals surface area contributed by atoms with Crippen molar-refractivity contribution >= 4 is 21.9 Å². The quantitative estimate of drug-likeness (QED) is 0.844. The van der Waals surface area contributed by atoms with Crippen molar-refractivity contribution in [2.24, 2.45) is 5.92 Å². The number of hydrogen-bond donors (Lipinski definition) is 1. The Morgan fingerprint density at radius 1 is 1.11 bits per heavy atom. The SMILES string of the molecule is Cc1ccc(C(=O)N2CCC(C(=O)O)C2C)cc1S(=O)(=O)N1CCCCC1. The molecule has 0 aliphatic carbocycles. The number of sulfonamides is 1. The summed E-state index contributed by atoms with van der Waals surface area (Å²) in [6, 6.07) is 4.30. The smallest absolute Gasteiger partial charge is 0.308 e. The standard InChI is InChI=1S/C19H26N2O5S/c1-13-6-7-15(18(22)21-11-8-16(14(21)2)19(23)24)12-17(13)27(25,26)20-9-4-3-5-10-20/h6-7,12,14,16H,3-5,8-11H2,1-2H3,(H,23,24). The van der Waals surface area contributed by atoms with Crippen LogP contribution in [-0.4, -0.2) is 60.3 Å². The van der Waals surface area contributed by atoms with E-state index in [-0.39, 0.29) is 16.4 Å². The van der Waals surface area contributed by atoms with E-state index in [2.05, 4.69) is 0 Å². The molecule has 0 bridgehead atoms. The lowest BCUT2D eigenvalue weighted by Crippen LogP contribution is -2.38. The van der Waals surface area contributed by atoms with Crippen molar-refractivity contribution < 1.29 is 23.1 Å². The van der Waals surface area contributed by atoms with Gasteiger partial charge < -0.3 is 10.0 Å². The molecule has 2 atom stereocenters. The third-order valence-corrected chi connectivity index (χ3v) is 7.74. The Bertz CT molecular complexity index is 846. The molecule has 1 N–H and O–H groups in total. The van der Waals surface area contributed by atoms with Crippen molar-refractivity contribution in [3.05, 3.63) is 29.3 Å². The number of rotatable bonds is 4.